The molecule has 1 aliphatic heterocycles. The van der Waals surface area contributed by atoms with Crippen LogP contribution in [0, 0.1) is 11.2 Å². The van der Waals surface area contributed by atoms with Crippen molar-refractivity contribution in [3.8, 4) is 0 Å². The number of amides is 1. The molecule has 0 saturated carbocycles. The average Bonchev–Trinajstić information content (AvgIpc) is 3.22. The smallest absolute Gasteiger partial charge is 0.239 e. The summed E-state index contributed by atoms with van der Waals surface area (Å²) in [7, 11) is 0. The Morgan fingerprint density at radius 3 is 2.37 bits per heavy atom. The number of carbonyl (C=O) groups excluding carboxylic acids is 2. The minimum atomic E-state index is -0.725. The molecule has 0 fully saturated rings. The van der Waals surface area contributed by atoms with Gasteiger partial charge in [-0.15, -0.1) is 0 Å². The highest BCUT2D eigenvalue weighted by Gasteiger charge is 2.42. The first-order chi connectivity index (χ1) is 18.3. The molecule has 3 aromatic carbocycles. The molecule has 1 atom stereocenters. The van der Waals surface area contributed by atoms with Crippen LogP contribution in [0.2, 0.25) is 0 Å². The fourth-order valence-corrected chi connectivity index (χ4v) is 6.34. The SMILES string of the molecule is CC1(C)CC(=O)C2=C(C1)Nc1ccccc1N(CC(=O)NC1Cc3ccccc3C1)C2c1ccccc1F. The summed E-state index contributed by atoms with van der Waals surface area (Å²) in [4.78, 5) is 29.2. The lowest BCUT2D eigenvalue weighted by atomic mass is 9.73. The first-order valence-corrected chi connectivity index (χ1v) is 13.3. The molecule has 2 aliphatic carbocycles. The third kappa shape index (κ3) is 4.49. The number of anilines is 2. The fraction of sp³-hybridized carbons (Fsp3) is 0.312. The predicted octanol–water partition coefficient (Wildman–Crippen LogP) is 5.73. The molecule has 6 heteroatoms. The van der Waals surface area contributed by atoms with E-state index in [1.54, 1.807) is 18.2 Å². The van der Waals surface area contributed by atoms with Crippen molar-refractivity contribution in [2.45, 2.75) is 51.6 Å². The van der Waals surface area contributed by atoms with Crippen molar-refractivity contribution in [3.63, 3.8) is 0 Å². The standard InChI is InChI=1S/C32H32FN3O2/c1-32(2)17-26-30(28(37)18-32)31(23-11-5-6-12-24(23)33)36(27-14-8-7-13-25(27)35-26)19-29(38)34-22-15-20-9-3-4-10-21(20)16-22/h3-14,22,31,35H,15-19H2,1-2H3,(H,34,38). The summed E-state index contributed by atoms with van der Waals surface area (Å²) in [6.07, 6.45) is 2.61. The Labute approximate surface area is 222 Å². The van der Waals surface area contributed by atoms with E-state index < -0.39 is 11.9 Å². The number of Topliss-reactive ketones (excluding diaryl/α,β-unsaturated/α-hetero) is 1. The van der Waals surface area contributed by atoms with Gasteiger partial charge >= 0.3 is 0 Å². The Morgan fingerprint density at radius 1 is 0.974 bits per heavy atom. The second-order valence-corrected chi connectivity index (χ2v) is 11.5. The van der Waals surface area contributed by atoms with Crippen LogP contribution in [-0.2, 0) is 22.4 Å². The van der Waals surface area contributed by atoms with Crippen LogP contribution in [-0.4, -0.2) is 24.3 Å². The molecule has 1 heterocycles. The fourth-order valence-electron chi connectivity index (χ4n) is 6.34. The molecule has 0 radical (unpaired) electrons. The third-order valence-corrected chi connectivity index (χ3v) is 7.93. The number of nitrogens with zero attached hydrogens (tertiary/aromatic N) is 1. The van der Waals surface area contributed by atoms with E-state index in [-0.39, 0.29) is 29.7 Å². The zero-order valence-electron chi connectivity index (χ0n) is 21.8. The maximum Gasteiger partial charge on any atom is 0.239 e. The number of hydrogen-bond donors (Lipinski definition) is 2. The van der Waals surface area contributed by atoms with Gasteiger partial charge in [-0.1, -0.05) is 68.4 Å². The van der Waals surface area contributed by atoms with Crippen LogP contribution in [0.5, 0.6) is 0 Å². The highest BCUT2D eigenvalue weighted by molar-refractivity contribution is 6.02. The van der Waals surface area contributed by atoms with Crippen molar-refractivity contribution >= 4 is 23.1 Å². The van der Waals surface area contributed by atoms with Crippen LogP contribution in [0.1, 0.15) is 49.4 Å². The van der Waals surface area contributed by atoms with Gasteiger partial charge in [0.2, 0.25) is 5.91 Å². The zero-order chi connectivity index (χ0) is 26.4. The van der Waals surface area contributed by atoms with Gasteiger partial charge in [-0.2, -0.15) is 0 Å². The molecule has 3 aliphatic rings. The maximum atomic E-state index is 15.4. The molecular weight excluding hydrogens is 477 g/mol. The summed E-state index contributed by atoms with van der Waals surface area (Å²) in [5, 5.41) is 6.73. The summed E-state index contributed by atoms with van der Waals surface area (Å²) in [6, 6.07) is 21.9. The quantitative estimate of drug-likeness (QED) is 0.472. The average molecular weight is 510 g/mol. The highest BCUT2D eigenvalue weighted by atomic mass is 19.1. The van der Waals surface area contributed by atoms with Crippen LogP contribution in [0.3, 0.4) is 0 Å². The molecule has 2 N–H and O–H groups in total. The molecule has 194 valence electrons. The van der Waals surface area contributed by atoms with Gasteiger partial charge in [0.1, 0.15) is 5.82 Å². The summed E-state index contributed by atoms with van der Waals surface area (Å²) in [6.45, 7) is 4.16. The zero-order valence-corrected chi connectivity index (χ0v) is 21.8. The summed E-state index contributed by atoms with van der Waals surface area (Å²) in [5.41, 5.74) is 5.63. The van der Waals surface area contributed by atoms with Crippen LogP contribution in [0.4, 0.5) is 15.8 Å². The Bertz CT molecular complexity index is 1440. The summed E-state index contributed by atoms with van der Waals surface area (Å²) in [5.74, 6) is -0.550. The van der Waals surface area contributed by atoms with E-state index >= 15 is 4.39 Å². The highest BCUT2D eigenvalue weighted by Crippen LogP contribution is 2.48. The number of ketones is 1. The monoisotopic (exact) mass is 509 g/mol. The van der Waals surface area contributed by atoms with E-state index in [0.29, 0.717) is 24.0 Å². The minimum Gasteiger partial charge on any atom is -0.357 e. The van der Waals surface area contributed by atoms with Crippen LogP contribution < -0.4 is 15.5 Å². The summed E-state index contributed by atoms with van der Waals surface area (Å²) < 4.78 is 15.4. The predicted molar refractivity (Wildman–Crippen MR) is 147 cm³/mol. The van der Waals surface area contributed by atoms with Crippen molar-refractivity contribution in [2.75, 3.05) is 16.8 Å². The minimum absolute atomic E-state index is 0.00199. The van der Waals surface area contributed by atoms with Crippen molar-refractivity contribution in [1.29, 1.82) is 0 Å². The van der Waals surface area contributed by atoms with Crippen LogP contribution in [0.15, 0.2) is 84.1 Å². The number of fused-ring (bicyclic) bond motifs is 2. The summed E-state index contributed by atoms with van der Waals surface area (Å²) >= 11 is 0. The number of hydrogen-bond acceptors (Lipinski definition) is 4. The lowest BCUT2D eigenvalue weighted by Crippen LogP contribution is -2.45. The Balaban J connectivity index is 1.41. The van der Waals surface area contributed by atoms with Gasteiger partial charge in [-0.05, 0) is 54.0 Å². The van der Waals surface area contributed by atoms with E-state index in [1.165, 1.54) is 17.2 Å². The molecule has 3 aromatic rings. The Morgan fingerprint density at radius 2 is 1.63 bits per heavy atom. The van der Waals surface area contributed by atoms with Crippen LogP contribution in [0.25, 0.3) is 0 Å². The van der Waals surface area contributed by atoms with E-state index in [1.807, 2.05) is 41.3 Å². The normalized spacial score (nSPS) is 20.2. The van der Waals surface area contributed by atoms with Gasteiger partial charge < -0.3 is 15.5 Å². The van der Waals surface area contributed by atoms with Gasteiger partial charge in [0.15, 0.2) is 5.78 Å². The van der Waals surface area contributed by atoms with E-state index in [4.69, 9.17) is 0 Å². The first kappa shape index (κ1) is 24.4. The molecule has 0 spiro atoms. The second kappa shape index (κ2) is 9.43. The maximum absolute atomic E-state index is 15.4. The molecule has 0 saturated heterocycles. The van der Waals surface area contributed by atoms with Gasteiger partial charge in [0.05, 0.1) is 24.0 Å². The number of benzene rings is 3. The molecule has 0 bridgehead atoms. The largest absolute Gasteiger partial charge is 0.357 e. The molecule has 6 rings (SSSR count). The third-order valence-electron chi connectivity index (χ3n) is 7.93. The van der Waals surface area contributed by atoms with Crippen molar-refractivity contribution in [3.05, 3.63) is 107 Å². The molecule has 5 nitrogen and oxygen atoms in total. The number of nitrogens with one attached hydrogen (secondary N) is 2. The number of allylic oxidation sites excluding steroid dienone is 1. The van der Waals surface area contributed by atoms with Crippen LogP contribution >= 0.6 is 0 Å². The van der Waals surface area contributed by atoms with E-state index in [2.05, 4.69) is 36.6 Å². The van der Waals surface area contributed by atoms with E-state index in [0.717, 1.165) is 29.9 Å². The Hall–Kier alpha value is -3.93. The van der Waals surface area contributed by atoms with E-state index in [9.17, 15) is 9.59 Å². The second-order valence-electron chi connectivity index (χ2n) is 11.5. The molecule has 0 aromatic heterocycles. The van der Waals surface area contributed by atoms with Gasteiger partial charge in [0.25, 0.3) is 0 Å². The van der Waals surface area contributed by atoms with Gasteiger partial charge in [-0.25, -0.2) is 4.39 Å². The van der Waals surface area contributed by atoms with Gasteiger partial charge in [-0.3, -0.25) is 9.59 Å². The molecule has 38 heavy (non-hydrogen) atoms. The number of halogens is 1. The lowest BCUT2D eigenvalue weighted by Gasteiger charge is -2.38. The Kier molecular flexibility index (Phi) is 6.05. The number of para-hydroxylation sites is 2. The number of rotatable bonds is 4. The van der Waals surface area contributed by atoms with Crippen molar-refractivity contribution in [2.24, 2.45) is 5.41 Å². The van der Waals surface area contributed by atoms with Crippen molar-refractivity contribution < 1.29 is 14.0 Å². The topological polar surface area (TPSA) is 61.4 Å². The molecular formula is C32H32FN3O2. The molecule has 1 amide bonds. The first-order valence-electron chi connectivity index (χ1n) is 13.3. The lowest BCUT2D eigenvalue weighted by molar-refractivity contribution is -0.121. The van der Waals surface area contributed by atoms with Crippen molar-refractivity contribution in [1.82, 2.24) is 5.32 Å². The van der Waals surface area contributed by atoms with Gasteiger partial charge in [0, 0.05) is 29.3 Å². The number of carbonyl (C=O) groups is 2. The molecule has 1 unspecified atom stereocenters.